The van der Waals surface area contributed by atoms with Gasteiger partial charge in [0.15, 0.2) is 0 Å². The average molecular weight is 342 g/mol. The van der Waals surface area contributed by atoms with E-state index in [0.29, 0.717) is 18.3 Å². The van der Waals surface area contributed by atoms with E-state index in [2.05, 4.69) is 32.6 Å². The summed E-state index contributed by atoms with van der Waals surface area (Å²) in [6.45, 7) is 4.88. The van der Waals surface area contributed by atoms with Crippen molar-refractivity contribution >= 4 is 11.3 Å². The van der Waals surface area contributed by atoms with Crippen LogP contribution in [-0.4, -0.2) is 39.7 Å². The molecule has 24 heavy (non-hydrogen) atoms. The molecule has 1 aliphatic heterocycles. The average Bonchev–Trinajstić information content (AvgIpc) is 3.25. The van der Waals surface area contributed by atoms with Crippen LogP contribution in [0.1, 0.15) is 23.5 Å². The molecule has 1 atom stereocenters. The van der Waals surface area contributed by atoms with Crippen molar-refractivity contribution in [2.75, 3.05) is 19.7 Å². The van der Waals surface area contributed by atoms with Gasteiger partial charge in [-0.2, -0.15) is 4.98 Å². The summed E-state index contributed by atoms with van der Waals surface area (Å²) in [4.78, 5) is 11.4. The minimum absolute atomic E-state index is 0.136. The van der Waals surface area contributed by atoms with Crippen molar-refractivity contribution in [3.8, 4) is 10.6 Å². The summed E-state index contributed by atoms with van der Waals surface area (Å²) in [7, 11) is 0. The Hall–Kier alpha value is -2.09. The second-order valence-electron chi connectivity index (χ2n) is 5.78. The molecule has 1 aliphatic rings. The third kappa shape index (κ3) is 3.38. The van der Waals surface area contributed by atoms with Crippen molar-refractivity contribution in [2.45, 2.75) is 19.6 Å². The predicted octanol–water partition coefficient (Wildman–Crippen LogP) is 3.08. The number of morpholine rings is 1. The number of rotatable bonds is 4. The van der Waals surface area contributed by atoms with Gasteiger partial charge in [-0.3, -0.25) is 4.90 Å². The molecule has 0 bridgehead atoms. The first-order chi connectivity index (χ1) is 11.8. The zero-order valence-electron chi connectivity index (χ0n) is 13.4. The number of hydrogen-bond acceptors (Lipinski definition) is 7. The molecule has 0 aliphatic carbocycles. The molecule has 3 heterocycles. The summed E-state index contributed by atoms with van der Waals surface area (Å²) in [5.74, 6) is 1.19. The fraction of sp³-hybridized carbons (Fsp3) is 0.353. The lowest BCUT2D eigenvalue weighted by atomic mass is 10.2. The molecular formula is C17H18N4O2S. The summed E-state index contributed by atoms with van der Waals surface area (Å²) in [5, 5.41) is 7.16. The summed E-state index contributed by atoms with van der Waals surface area (Å²) in [6.07, 6.45) is -0.136. The lowest BCUT2D eigenvalue weighted by molar-refractivity contribution is -0.0383. The first-order valence-corrected chi connectivity index (χ1v) is 8.80. The number of hydrogen-bond donors (Lipinski definition) is 0. The topological polar surface area (TPSA) is 64.3 Å². The summed E-state index contributed by atoms with van der Waals surface area (Å²) in [6, 6.07) is 10.3. The van der Waals surface area contributed by atoms with Crippen molar-refractivity contribution in [3.63, 3.8) is 0 Å². The molecule has 6 nitrogen and oxygen atoms in total. The van der Waals surface area contributed by atoms with Gasteiger partial charge in [-0.05, 0) is 0 Å². The lowest BCUT2D eigenvalue weighted by Crippen LogP contribution is -2.38. The van der Waals surface area contributed by atoms with Gasteiger partial charge < -0.3 is 9.26 Å². The number of aryl methyl sites for hydroxylation is 1. The zero-order chi connectivity index (χ0) is 16.4. The van der Waals surface area contributed by atoms with Gasteiger partial charge in [-0.15, -0.1) is 11.3 Å². The molecule has 1 fully saturated rings. The van der Waals surface area contributed by atoms with Gasteiger partial charge in [0.05, 0.1) is 12.3 Å². The second-order valence-corrected chi connectivity index (χ2v) is 6.63. The van der Waals surface area contributed by atoms with Gasteiger partial charge in [0.25, 0.3) is 0 Å². The minimum atomic E-state index is -0.136. The SMILES string of the molecule is Cc1nc([C@H]2CN(Cc3csc(-c4ccccc4)n3)CCO2)no1. The monoisotopic (exact) mass is 342 g/mol. The highest BCUT2D eigenvalue weighted by Crippen LogP contribution is 2.25. The normalized spacial score (nSPS) is 18.8. The molecule has 0 N–H and O–H groups in total. The Labute approximate surface area is 144 Å². The highest BCUT2D eigenvalue weighted by atomic mass is 32.1. The lowest BCUT2D eigenvalue weighted by Gasteiger charge is -2.30. The van der Waals surface area contributed by atoms with Crippen molar-refractivity contribution < 1.29 is 9.26 Å². The Morgan fingerprint density at radius 3 is 2.92 bits per heavy atom. The van der Waals surface area contributed by atoms with Gasteiger partial charge in [0.1, 0.15) is 11.1 Å². The molecule has 1 saturated heterocycles. The van der Waals surface area contributed by atoms with Crippen molar-refractivity contribution in [3.05, 3.63) is 53.1 Å². The van der Waals surface area contributed by atoms with Crippen molar-refractivity contribution in [2.24, 2.45) is 0 Å². The Bertz CT molecular complexity index is 802. The summed E-state index contributed by atoms with van der Waals surface area (Å²) in [5.41, 5.74) is 2.25. The highest BCUT2D eigenvalue weighted by Gasteiger charge is 2.26. The van der Waals surface area contributed by atoms with Gasteiger partial charge >= 0.3 is 0 Å². The summed E-state index contributed by atoms with van der Waals surface area (Å²) >= 11 is 1.68. The first-order valence-electron chi connectivity index (χ1n) is 7.92. The van der Waals surface area contributed by atoms with E-state index in [1.165, 1.54) is 0 Å². The second kappa shape index (κ2) is 6.80. The van der Waals surface area contributed by atoms with Crippen LogP contribution in [-0.2, 0) is 11.3 Å². The van der Waals surface area contributed by atoms with Crippen LogP contribution < -0.4 is 0 Å². The molecule has 7 heteroatoms. The first kappa shape index (κ1) is 15.4. The maximum absolute atomic E-state index is 5.78. The van der Waals surface area contributed by atoms with E-state index in [0.717, 1.165) is 35.9 Å². The Balaban J connectivity index is 1.43. The molecule has 0 spiro atoms. The molecular weight excluding hydrogens is 324 g/mol. The maximum Gasteiger partial charge on any atom is 0.223 e. The van der Waals surface area contributed by atoms with E-state index in [1.54, 1.807) is 18.3 Å². The Morgan fingerprint density at radius 2 is 2.12 bits per heavy atom. The van der Waals surface area contributed by atoms with Crippen LogP contribution in [0.4, 0.5) is 0 Å². The predicted molar refractivity (Wildman–Crippen MR) is 90.6 cm³/mol. The van der Waals surface area contributed by atoms with Gasteiger partial charge in [-0.25, -0.2) is 4.98 Å². The van der Waals surface area contributed by atoms with Gasteiger partial charge in [-0.1, -0.05) is 35.5 Å². The van der Waals surface area contributed by atoms with Crippen molar-refractivity contribution in [1.29, 1.82) is 0 Å². The number of nitrogens with zero attached hydrogens (tertiary/aromatic N) is 4. The number of ether oxygens (including phenoxy) is 1. The Morgan fingerprint density at radius 1 is 1.25 bits per heavy atom. The van der Waals surface area contributed by atoms with E-state index >= 15 is 0 Å². The summed E-state index contributed by atoms with van der Waals surface area (Å²) < 4.78 is 10.8. The number of benzene rings is 1. The Kier molecular flexibility index (Phi) is 4.38. The molecule has 1 aromatic carbocycles. The number of thiazole rings is 1. The van der Waals surface area contributed by atoms with Crippen LogP contribution >= 0.6 is 11.3 Å². The minimum Gasteiger partial charge on any atom is -0.367 e. The molecule has 2 aromatic heterocycles. The van der Waals surface area contributed by atoms with Crippen LogP contribution in [0, 0.1) is 6.92 Å². The fourth-order valence-electron chi connectivity index (χ4n) is 2.77. The molecule has 0 radical (unpaired) electrons. The quantitative estimate of drug-likeness (QED) is 0.726. The van der Waals surface area contributed by atoms with Crippen LogP contribution in [0.25, 0.3) is 10.6 Å². The fourth-order valence-corrected chi connectivity index (χ4v) is 3.59. The molecule has 0 unspecified atom stereocenters. The van der Waals surface area contributed by atoms with Crippen LogP contribution in [0.3, 0.4) is 0 Å². The van der Waals surface area contributed by atoms with Crippen LogP contribution in [0.2, 0.25) is 0 Å². The standard InChI is InChI=1S/C17H18N4O2S/c1-12-18-16(20-23-12)15-10-21(7-8-22-15)9-14-11-24-17(19-14)13-5-3-2-4-6-13/h2-6,11,15H,7-10H2,1H3/t15-/m1/s1. The smallest absolute Gasteiger partial charge is 0.223 e. The molecule has 4 rings (SSSR count). The van der Waals surface area contributed by atoms with E-state index in [9.17, 15) is 0 Å². The van der Waals surface area contributed by atoms with E-state index in [-0.39, 0.29) is 6.10 Å². The molecule has 0 saturated carbocycles. The van der Waals surface area contributed by atoms with E-state index in [4.69, 9.17) is 14.2 Å². The van der Waals surface area contributed by atoms with E-state index in [1.807, 2.05) is 18.2 Å². The van der Waals surface area contributed by atoms with Crippen LogP contribution in [0.5, 0.6) is 0 Å². The third-order valence-corrected chi connectivity index (χ3v) is 4.88. The van der Waals surface area contributed by atoms with Crippen molar-refractivity contribution in [1.82, 2.24) is 20.0 Å². The largest absolute Gasteiger partial charge is 0.367 e. The highest BCUT2D eigenvalue weighted by molar-refractivity contribution is 7.13. The number of aromatic nitrogens is 3. The van der Waals surface area contributed by atoms with Gasteiger partial charge in [0, 0.05) is 37.5 Å². The van der Waals surface area contributed by atoms with Gasteiger partial charge in [0.2, 0.25) is 11.7 Å². The molecule has 124 valence electrons. The zero-order valence-corrected chi connectivity index (χ0v) is 14.2. The van der Waals surface area contributed by atoms with Crippen LogP contribution in [0.15, 0.2) is 40.2 Å². The molecule has 3 aromatic rings. The van der Waals surface area contributed by atoms with E-state index < -0.39 is 0 Å². The molecule has 0 amide bonds. The maximum atomic E-state index is 5.78. The third-order valence-electron chi connectivity index (χ3n) is 3.94.